The summed E-state index contributed by atoms with van der Waals surface area (Å²) in [5.74, 6) is 0.485. The van der Waals surface area contributed by atoms with Crippen LogP contribution < -0.4 is 10.6 Å². The molecular weight excluding hydrogens is 412 g/mol. The standard InChI is InChI=1S/C26H24N6O/c1-15-9-23(30-24-14-27-8-7-20(15)24)25-21-11-17(5-6-22(21)31-32-25)18-10-19(13-28-12-18)29-26(33)16-3-2-4-16/h5-16,30H,2-4H2,1H3,(H,29,33)(H,31,32). The number of nitrogens with zero attached hydrogens (tertiary/aromatic N) is 3. The van der Waals surface area contributed by atoms with E-state index in [9.17, 15) is 4.79 Å². The average molecular weight is 437 g/mol. The smallest absolute Gasteiger partial charge is 0.227 e. The molecule has 3 aromatic heterocycles. The molecule has 6 rings (SSSR count). The Bertz CT molecular complexity index is 1400. The normalized spacial score (nSPS) is 17.6. The zero-order chi connectivity index (χ0) is 22.4. The Hall–Kier alpha value is -4.00. The van der Waals surface area contributed by atoms with Crippen molar-refractivity contribution >= 4 is 33.9 Å². The Morgan fingerprint density at radius 2 is 1.97 bits per heavy atom. The minimum atomic E-state index is 0.0898. The molecule has 1 amide bonds. The number of aromatic nitrogens is 4. The number of amides is 1. The van der Waals surface area contributed by atoms with Gasteiger partial charge in [-0.3, -0.25) is 19.9 Å². The predicted molar refractivity (Wildman–Crippen MR) is 130 cm³/mol. The number of rotatable bonds is 4. The van der Waals surface area contributed by atoms with E-state index in [-0.39, 0.29) is 17.7 Å². The van der Waals surface area contributed by atoms with Crippen molar-refractivity contribution in [3.63, 3.8) is 0 Å². The average Bonchev–Trinajstić information content (AvgIpc) is 3.21. The molecule has 1 aliphatic carbocycles. The number of carbonyl (C=O) groups excluding carboxylic acids is 1. The van der Waals surface area contributed by atoms with Crippen molar-refractivity contribution in [1.82, 2.24) is 20.2 Å². The van der Waals surface area contributed by atoms with Crippen molar-refractivity contribution in [2.24, 2.45) is 5.92 Å². The van der Waals surface area contributed by atoms with Gasteiger partial charge in [-0.1, -0.05) is 25.5 Å². The van der Waals surface area contributed by atoms with E-state index in [1.54, 1.807) is 6.20 Å². The van der Waals surface area contributed by atoms with Gasteiger partial charge in [0, 0.05) is 35.2 Å². The quantitative estimate of drug-likeness (QED) is 0.402. The van der Waals surface area contributed by atoms with Crippen LogP contribution in [0.3, 0.4) is 0 Å². The molecule has 1 fully saturated rings. The minimum absolute atomic E-state index is 0.0898. The van der Waals surface area contributed by atoms with Crippen molar-refractivity contribution in [1.29, 1.82) is 0 Å². The number of hydrogen-bond donors (Lipinski definition) is 3. The van der Waals surface area contributed by atoms with E-state index in [2.05, 4.69) is 49.9 Å². The molecule has 0 bridgehead atoms. The zero-order valence-electron chi connectivity index (χ0n) is 18.3. The predicted octanol–water partition coefficient (Wildman–Crippen LogP) is 5.33. The summed E-state index contributed by atoms with van der Waals surface area (Å²) in [4.78, 5) is 21.0. The summed E-state index contributed by atoms with van der Waals surface area (Å²) >= 11 is 0. The van der Waals surface area contributed by atoms with Gasteiger partial charge in [-0.05, 0) is 48.2 Å². The number of benzene rings is 1. The fourth-order valence-electron chi connectivity index (χ4n) is 4.55. The van der Waals surface area contributed by atoms with Crippen LogP contribution in [-0.2, 0) is 4.79 Å². The van der Waals surface area contributed by atoms with Crippen molar-refractivity contribution in [3.05, 3.63) is 72.5 Å². The van der Waals surface area contributed by atoms with Crippen molar-refractivity contribution in [3.8, 4) is 11.1 Å². The van der Waals surface area contributed by atoms with Gasteiger partial charge in [0.05, 0.1) is 35.0 Å². The lowest BCUT2D eigenvalue weighted by atomic mass is 9.85. The largest absolute Gasteiger partial charge is 0.352 e. The summed E-state index contributed by atoms with van der Waals surface area (Å²) in [7, 11) is 0. The maximum absolute atomic E-state index is 12.3. The summed E-state index contributed by atoms with van der Waals surface area (Å²) < 4.78 is 0. The summed E-state index contributed by atoms with van der Waals surface area (Å²) in [6.45, 7) is 2.18. The number of aromatic amines is 1. The maximum Gasteiger partial charge on any atom is 0.227 e. The molecule has 3 N–H and O–H groups in total. The van der Waals surface area contributed by atoms with Crippen LogP contribution in [0.15, 0.2) is 61.2 Å². The number of allylic oxidation sites excluding steroid dienone is 1. The fourth-order valence-corrected chi connectivity index (χ4v) is 4.55. The van der Waals surface area contributed by atoms with E-state index < -0.39 is 0 Å². The van der Waals surface area contributed by atoms with Gasteiger partial charge in [-0.25, -0.2) is 0 Å². The van der Waals surface area contributed by atoms with Gasteiger partial charge in [-0.15, -0.1) is 0 Å². The van der Waals surface area contributed by atoms with E-state index in [1.807, 2.05) is 42.9 Å². The first-order valence-corrected chi connectivity index (χ1v) is 11.3. The van der Waals surface area contributed by atoms with Crippen LogP contribution >= 0.6 is 0 Å². The lowest BCUT2D eigenvalue weighted by Crippen LogP contribution is -2.28. The topological polar surface area (TPSA) is 95.6 Å². The summed E-state index contributed by atoms with van der Waals surface area (Å²) in [6, 6.07) is 10.2. The van der Waals surface area contributed by atoms with E-state index in [0.29, 0.717) is 0 Å². The van der Waals surface area contributed by atoms with E-state index in [1.165, 1.54) is 5.56 Å². The molecule has 1 atom stereocenters. The summed E-state index contributed by atoms with van der Waals surface area (Å²) in [5.41, 5.74) is 7.72. The van der Waals surface area contributed by atoms with Crippen LogP contribution in [0.1, 0.15) is 43.4 Å². The Balaban J connectivity index is 1.33. The molecule has 2 aliphatic rings. The van der Waals surface area contributed by atoms with Gasteiger partial charge in [-0.2, -0.15) is 5.10 Å². The molecule has 164 valence electrons. The molecule has 0 spiro atoms. The van der Waals surface area contributed by atoms with Crippen molar-refractivity contribution < 1.29 is 4.79 Å². The SMILES string of the molecule is CC1C=C(c2n[nH]c3ccc(-c4cncc(NC(=O)C5CCC5)c4)cc23)Nc2cnccc21. The van der Waals surface area contributed by atoms with Gasteiger partial charge in [0.15, 0.2) is 0 Å². The first-order valence-electron chi connectivity index (χ1n) is 11.3. The third kappa shape index (κ3) is 3.55. The molecule has 4 heterocycles. The van der Waals surface area contributed by atoms with Crippen LogP contribution in [0.5, 0.6) is 0 Å². The van der Waals surface area contributed by atoms with Gasteiger partial charge < -0.3 is 10.6 Å². The molecule has 33 heavy (non-hydrogen) atoms. The van der Waals surface area contributed by atoms with Gasteiger partial charge in [0.25, 0.3) is 0 Å². The highest BCUT2D eigenvalue weighted by Gasteiger charge is 2.25. The Morgan fingerprint density at radius 3 is 2.82 bits per heavy atom. The minimum Gasteiger partial charge on any atom is -0.352 e. The van der Waals surface area contributed by atoms with Gasteiger partial charge in [0.2, 0.25) is 5.91 Å². The van der Waals surface area contributed by atoms with Crippen LogP contribution in [0.25, 0.3) is 27.7 Å². The first kappa shape index (κ1) is 19.7. The molecular formula is C26H24N6O. The lowest BCUT2D eigenvalue weighted by molar-refractivity contribution is -0.122. The second kappa shape index (κ2) is 7.85. The van der Waals surface area contributed by atoms with E-state index in [0.717, 1.165) is 64.1 Å². The second-order valence-corrected chi connectivity index (χ2v) is 8.87. The lowest BCUT2D eigenvalue weighted by Gasteiger charge is -2.24. The van der Waals surface area contributed by atoms with Crippen LogP contribution in [0, 0.1) is 5.92 Å². The second-order valence-electron chi connectivity index (χ2n) is 8.87. The summed E-state index contributed by atoms with van der Waals surface area (Å²) in [5, 5.41) is 15.3. The maximum atomic E-state index is 12.3. The Labute approximate surface area is 191 Å². The molecule has 1 unspecified atom stereocenters. The molecule has 7 heteroatoms. The number of fused-ring (bicyclic) bond motifs is 2. The monoisotopic (exact) mass is 436 g/mol. The summed E-state index contributed by atoms with van der Waals surface area (Å²) in [6.07, 6.45) is 12.5. The highest BCUT2D eigenvalue weighted by molar-refractivity contribution is 5.97. The van der Waals surface area contributed by atoms with Crippen molar-refractivity contribution in [2.45, 2.75) is 32.1 Å². The third-order valence-electron chi connectivity index (χ3n) is 6.66. The van der Waals surface area contributed by atoms with Crippen molar-refractivity contribution in [2.75, 3.05) is 10.6 Å². The van der Waals surface area contributed by atoms with Crippen LogP contribution in [-0.4, -0.2) is 26.1 Å². The van der Waals surface area contributed by atoms with E-state index >= 15 is 0 Å². The van der Waals surface area contributed by atoms with Crippen LogP contribution in [0.4, 0.5) is 11.4 Å². The molecule has 1 saturated carbocycles. The number of pyridine rings is 2. The molecule has 0 radical (unpaired) electrons. The highest BCUT2D eigenvalue weighted by Crippen LogP contribution is 2.36. The first-order chi connectivity index (χ1) is 16.2. The number of nitrogens with one attached hydrogen (secondary N) is 3. The van der Waals surface area contributed by atoms with Gasteiger partial charge >= 0.3 is 0 Å². The highest BCUT2D eigenvalue weighted by atomic mass is 16.1. The third-order valence-corrected chi connectivity index (χ3v) is 6.66. The number of carbonyl (C=O) groups is 1. The molecule has 7 nitrogen and oxygen atoms in total. The van der Waals surface area contributed by atoms with Crippen LogP contribution in [0.2, 0.25) is 0 Å². The Morgan fingerprint density at radius 1 is 1.06 bits per heavy atom. The van der Waals surface area contributed by atoms with E-state index in [4.69, 9.17) is 0 Å². The molecule has 4 aromatic rings. The zero-order valence-corrected chi connectivity index (χ0v) is 18.3. The number of H-pyrrole nitrogens is 1. The Kier molecular flexibility index (Phi) is 4.68. The number of anilines is 2. The fraction of sp³-hybridized carbons (Fsp3) is 0.231. The molecule has 1 aromatic carbocycles. The number of hydrogen-bond acceptors (Lipinski definition) is 5. The molecule has 1 aliphatic heterocycles. The van der Waals surface area contributed by atoms with Gasteiger partial charge in [0.1, 0.15) is 5.69 Å². The molecule has 0 saturated heterocycles.